The van der Waals surface area contributed by atoms with Crippen LogP contribution in [0, 0.1) is 10.1 Å². The molecule has 0 aromatic carbocycles. The van der Waals surface area contributed by atoms with Gasteiger partial charge in [0, 0.05) is 0 Å². The lowest BCUT2D eigenvalue weighted by atomic mass is 10.2. The highest BCUT2D eigenvalue weighted by atomic mass is 32.1. The van der Waals surface area contributed by atoms with Gasteiger partial charge in [-0.15, -0.1) is 11.3 Å². The second-order valence-electron chi connectivity index (χ2n) is 5.29. The number of hydrogen-bond donors (Lipinski definition) is 1. The maximum atomic E-state index is 12.0. The number of furan rings is 1. The molecule has 0 amide bonds. The molecule has 2 rings (SSSR count). The first-order valence-corrected chi connectivity index (χ1v) is 6.86. The second-order valence-corrected chi connectivity index (χ2v) is 6.34. The van der Waals surface area contributed by atoms with E-state index in [1.165, 1.54) is 18.2 Å². The maximum Gasteiger partial charge on any atom is 0.433 e. The number of nitro groups is 1. The van der Waals surface area contributed by atoms with Gasteiger partial charge in [-0.25, -0.2) is 4.79 Å². The van der Waals surface area contributed by atoms with Gasteiger partial charge in [0.1, 0.15) is 15.4 Å². The lowest BCUT2D eigenvalue weighted by molar-refractivity contribution is -0.401. The van der Waals surface area contributed by atoms with E-state index in [0.29, 0.717) is 4.88 Å². The van der Waals surface area contributed by atoms with Crippen molar-refractivity contribution in [2.24, 2.45) is 0 Å². The topological polar surface area (TPSA) is 109 Å². The highest BCUT2D eigenvalue weighted by Gasteiger charge is 2.23. The first-order chi connectivity index (χ1) is 9.67. The van der Waals surface area contributed by atoms with Crippen LogP contribution in [-0.2, 0) is 4.74 Å². The second kappa shape index (κ2) is 5.21. The van der Waals surface area contributed by atoms with Crippen molar-refractivity contribution in [3.63, 3.8) is 0 Å². The van der Waals surface area contributed by atoms with Crippen molar-refractivity contribution in [3.8, 4) is 10.6 Å². The van der Waals surface area contributed by atoms with Crippen LogP contribution in [0.15, 0.2) is 22.6 Å². The number of carbonyl (C=O) groups is 1. The summed E-state index contributed by atoms with van der Waals surface area (Å²) in [6, 6.07) is 4.24. The summed E-state index contributed by atoms with van der Waals surface area (Å²) in [4.78, 5) is 22.8. The Hall–Kier alpha value is -2.35. The molecule has 0 saturated carbocycles. The summed E-state index contributed by atoms with van der Waals surface area (Å²) in [5.74, 6) is -0.610. The lowest BCUT2D eigenvalue weighted by Gasteiger charge is -2.18. The molecular weight excluding hydrogens is 296 g/mol. The number of nitrogens with zero attached hydrogens (tertiary/aromatic N) is 1. The molecule has 2 heterocycles. The molecule has 2 aromatic rings. The van der Waals surface area contributed by atoms with Crippen molar-refractivity contribution in [2.75, 3.05) is 5.73 Å². The Labute approximate surface area is 124 Å². The van der Waals surface area contributed by atoms with E-state index in [4.69, 9.17) is 14.9 Å². The molecule has 0 radical (unpaired) electrons. The van der Waals surface area contributed by atoms with Gasteiger partial charge in [0.05, 0.1) is 16.6 Å². The molecule has 0 aliphatic rings. The van der Waals surface area contributed by atoms with Crippen LogP contribution >= 0.6 is 11.3 Å². The van der Waals surface area contributed by atoms with Crippen LogP contribution in [0.2, 0.25) is 0 Å². The van der Waals surface area contributed by atoms with Crippen LogP contribution in [0.1, 0.15) is 30.4 Å². The molecule has 7 nitrogen and oxygen atoms in total. The zero-order valence-electron chi connectivity index (χ0n) is 11.7. The molecule has 2 aromatic heterocycles. The molecule has 0 atom stereocenters. The third-order valence-corrected chi connectivity index (χ3v) is 3.51. The number of carbonyl (C=O) groups excluding carboxylic acids is 1. The standard InChI is InChI=1S/C13H14N2O5S/c1-13(2,3)20-12(16)11-7(14)6-9(21-11)8-4-5-10(19-8)15(17)18/h4-6H,14H2,1-3H3. The first-order valence-electron chi connectivity index (χ1n) is 6.04. The third kappa shape index (κ3) is 3.40. The van der Waals surface area contributed by atoms with E-state index >= 15 is 0 Å². The summed E-state index contributed by atoms with van der Waals surface area (Å²) in [5.41, 5.74) is 5.42. The lowest BCUT2D eigenvalue weighted by Crippen LogP contribution is -2.23. The minimum absolute atomic E-state index is 0.249. The Bertz CT molecular complexity index is 696. The molecule has 112 valence electrons. The normalized spacial score (nSPS) is 11.4. The Morgan fingerprint density at radius 2 is 2.10 bits per heavy atom. The van der Waals surface area contributed by atoms with Crippen LogP contribution in [0.25, 0.3) is 10.6 Å². The Morgan fingerprint density at radius 3 is 2.62 bits per heavy atom. The summed E-state index contributed by atoms with van der Waals surface area (Å²) in [7, 11) is 0. The molecule has 0 saturated heterocycles. The molecule has 0 bridgehead atoms. The number of esters is 1. The molecule has 2 N–H and O–H groups in total. The van der Waals surface area contributed by atoms with Gasteiger partial charge < -0.3 is 14.9 Å². The number of nitrogens with two attached hydrogens (primary N) is 1. The predicted molar refractivity (Wildman–Crippen MR) is 78.3 cm³/mol. The number of thiophene rings is 1. The zero-order valence-corrected chi connectivity index (χ0v) is 12.5. The van der Waals surface area contributed by atoms with Crippen LogP contribution in [0.4, 0.5) is 11.6 Å². The summed E-state index contributed by atoms with van der Waals surface area (Å²) < 4.78 is 10.3. The summed E-state index contributed by atoms with van der Waals surface area (Å²) in [5, 5.41) is 10.6. The van der Waals surface area contributed by atoms with Crippen molar-refractivity contribution in [1.29, 1.82) is 0 Å². The number of ether oxygens (including phenoxy) is 1. The van der Waals surface area contributed by atoms with E-state index in [-0.39, 0.29) is 22.2 Å². The average molecular weight is 310 g/mol. The summed E-state index contributed by atoms with van der Waals surface area (Å²) in [6.45, 7) is 5.27. The number of anilines is 1. The van der Waals surface area contributed by atoms with Gasteiger partial charge in [-0.3, -0.25) is 10.1 Å². The predicted octanol–water partition coefficient (Wildman–Crippen LogP) is 3.45. The Kier molecular flexibility index (Phi) is 3.73. The van der Waals surface area contributed by atoms with E-state index in [0.717, 1.165) is 11.3 Å². The highest BCUT2D eigenvalue weighted by molar-refractivity contribution is 7.17. The van der Waals surface area contributed by atoms with E-state index in [2.05, 4.69) is 0 Å². The minimum atomic E-state index is -0.630. The van der Waals surface area contributed by atoms with Crippen molar-refractivity contribution in [2.45, 2.75) is 26.4 Å². The van der Waals surface area contributed by atoms with Gasteiger partial charge in [-0.05, 0) is 32.9 Å². The van der Waals surface area contributed by atoms with Crippen LogP contribution in [-0.4, -0.2) is 16.5 Å². The fourth-order valence-electron chi connectivity index (χ4n) is 1.57. The number of nitrogen functional groups attached to an aromatic ring is 1. The minimum Gasteiger partial charge on any atom is -0.456 e. The molecule has 0 fully saturated rings. The molecule has 8 heteroatoms. The SMILES string of the molecule is CC(C)(C)OC(=O)c1sc(-c2ccc([N+](=O)[O-])o2)cc1N. The fourth-order valence-corrected chi connectivity index (χ4v) is 2.49. The maximum absolute atomic E-state index is 12.0. The molecular formula is C13H14N2O5S. The summed E-state index contributed by atoms with van der Waals surface area (Å²) in [6.07, 6.45) is 0. The Balaban J connectivity index is 2.30. The number of hydrogen-bond acceptors (Lipinski definition) is 7. The van der Waals surface area contributed by atoms with Crippen molar-refractivity contribution in [1.82, 2.24) is 0 Å². The van der Waals surface area contributed by atoms with E-state index in [1.54, 1.807) is 20.8 Å². The summed E-state index contributed by atoms with van der Waals surface area (Å²) >= 11 is 1.07. The van der Waals surface area contributed by atoms with Crippen LogP contribution < -0.4 is 5.73 Å². The van der Waals surface area contributed by atoms with E-state index in [1.807, 2.05) is 0 Å². The number of rotatable bonds is 3. The van der Waals surface area contributed by atoms with Crippen molar-refractivity contribution in [3.05, 3.63) is 33.2 Å². The Morgan fingerprint density at radius 1 is 1.43 bits per heavy atom. The zero-order chi connectivity index (χ0) is 15.8. The van der Waals surface area contributed by atoms with Gasteiger partial charge in [0.15, 0.2) is 5.76 Å². The van der Waals surface area contributed by atoms with Crippen molar-refractivity contribution < 1.29 is 18.9 Å². The fraction of sp³-hybridized carbons (Fsp3) is 0.308. The average Bonchev–Trinajstić information content (AvgIpc) is 2.92. The van der Waals surface area contributed by atoms with Gasteiger partial charge in [0.25, 0.3) is 0 Å². The molecule has 0 aliphatic carbocycles. The van der Waals surface area contributed by atoms with Crippen molar-refractivity contribution >= 4 is 28.9 Å². The third-order valence-electron chi connectivity index (χ3n) is 2.36. The first kappa shape index (κ1) is 15.0. The van der Waals surface area contributed by atoms with Crippen LogP contribution in [0.5, 0.6) is 0 Å². The van der Waals surface area contributed by atoms with Gasteiger partial charge >= 0.3 is 11.9 Å². The van der Waals surface area contributed by atoms with Crippen LogP contribution in [0.3, 0.4) is 0 Å². The van der Waals surface area contributed by atoms with Gasteiger partial charge in [-0.1, -0.05) is 0 Å². The monoisotopic (exact) mass is 310 g/mol. The highest BCUT2D eigenvalue weighted by Crippen LogP contribution is 2.36. The molecule has 0 aliphatic heterocycles. The molecule has 0 unspecified atom stereocenters. The molecule has 21 heavy (non-hydrogen) atoms. The largest absolute Gasteiger partial charge is 0.456 e. The van der Waals surface area contributed by atoms with Gasteiger partial charge in [-0.2, -0.15) is 0 Å². The van der Waals surface area contributed by atoms with E-state index < -0.39 is 16.5 Å². The quantitative estimate of drug-likeness (QED) is 0.528. The van der Waals surface area contributed by atoms with E-state index in [9.17, 15) is 14.9 Å². The van der Waals surface area contributed by atoms with Gasteiger partial charge in [0.2, 0.25) is 0 Å². The molecule has 0 spiro atoms. The smallest absolute Gasteiger partial charge is 0.433 e.